The first-order valence-electron chi connectivity index (χ1n) is 5.55. The number of benzene rings is 1. The molecule has 1 aliphatic carbocycles. The Morgan fingerprint density at radius 2 is 2.18 bits per heavy atom. The van der Waals surface area contributed by atoms with E-state index in [-0.39, 0.29) is 5.82 Å². The van der Waals surface area contributed by atoms with Crippen LogP contribution in [0.15, 0.2) is 22.7 Å². The molecule has 17 heavy (non-hydrogen) atoms. The Hall–Kier alpha value is -1.23. The summed E-state index contributed by atoms with van der Waals surface area (Å²) in [4.78, 5) is 4.39. The van der Waals surface area contributed by atoms with E-state index in [0.29, 0.717) is 21.9 Å². The first kappa shape index (κ1) is 10.9. The minimum Gasteiger partial charge on any atom is -0.216 e. The fraction of sp³-hybridized carbons (Fsp3) is 0.333. The number of aromatic nitrogens is 3. The first-order chi connectivity index (χ1) is 8.16. The van der Waals surface area contributed by atoms with Gasteiger partial charge < -0.3 is 0 Å². The number of hydrogen-bond acceptors (Lipinski definition) is 2. The molecule has 0 saturated heterocycles. The molecule has 1 aromatic heterocycles. The van der Waals surface area contributed by atoms with Crippen molar-refractivity contribution in [2.75, 3.05) is 0 Å². The summed E-state index contributed by atoms with van der Waals surface area (Å²) < 4.78 is 16.1. The molecule has 88 valence electrons. The molecule has 0 atom stereocenters. The Balaban J connectivity index is 2.17. The van der Waals surface area contributed by atoms with Crippen LogP contribution in [0.5, 0.6) is 0 Å². The van der Waals surface area contributed by atoms with E-state index in [4.69, 9.17) is 0 Å². The van der Waals surface area contributed by atoms with Crippen LogP contribution in [-0.2, 0) is 0 Å². The van der Waals surface area contributed by atoms with Crippen molar-refractivity contribution in [3.05, 3.63) is 40.1 Å². The van der Waals surface area contributed by atoms with Crippen LogP contribution in [-0.4, -0.2) is 14.8 Å². The summed E-state index contributed by atoms with van der Waals surface area (Å²) in [7, 11) is 0. The third-order valence-corrected chi connectivity index (χ3v) is 3.45. The summed E-state index contributed by atoms with van der Waals surface area (Å²) in [6.07, 6.45) is 2.24. The van der Waals surface area contributed by atoms with E-state index in [9.17, 15) is 4.39 Å². The van der Waals surface area contributed by atoms with Crippen LogP contribution in [0.2, 0.25) is 0 Å². The van der Waals surface area contributed by atoms with Gasteiger partial charge in [-0.1, -0.05) is 6.07 Å². The Morgan fingerprint density at radius 3 is 2.88 bits per heavy atom. The highest BCUT2D eigenvalue weighted by molar-refractivity contribution is 9.10. The van der Waals surface area contributed by atoms with Gasteiger partial charge in [-0.15, -0.1) is 0 Å². The Morgan fingerprint density at radius 1 is 1.41 bits per heavy atom. The van der Waals surface area contributed by atoms with Crippen molar-refractivity contribution in [3.63, 3.8) is 0 Å². The SMILES string of the molecule is Cc1nc(C2CC2)n(-c2cccc(Br)c2F)n1. The maximum atomic E-state index is 14.0. The van der Waals surface area contributed by atoms with Gasteiger partial charge in [0, 0.05) is 5.92 Å². The van der Waals surface area contributed by atoms with Crippen molar-refractivity contribution in [2.24, 2.45) is 0 Å². The van der Waals surface area contributed by atoms with Crippen molar-refractivity contribution >= 4 is 15.9 Å². The number of rotatable bonds is 2. The maximum Gasteiger partial charge on any atom is 0.163 e. The lowest BCUT2D eigenvalue weighted by Crippen LogP contribution is -2.04. The maximum absolute atomic E-state index is 14.0. The van der Waals surface area contributed by atoms with Gasteiger partial charge in [-0.05, 0) is 47.8 Å². The predicted molar refractivity (Wildman–Crippen MR) is 65.7 cm³/mol. The molecule has 0 N–H and O–H groups in total. The molecule has 5 heteroatoms. The molecule has 1 aromatic carbocycles. The van der Waals surface area contributed by atoms with E-state index in [0.717, 1.165) is 18.7 Å². The highest BCUT2D eigenvalue weighted by Crippen LogP contribution is 2.40. The quantitative estimate of drug-likeness (QED) is 0.851. The van der Waals surface area contributed by atoms with Gasteiger partial charge in [0.1, 0.15) is 17.3 Å². The summed E-state index contributed by atoms with van der Waals surface area (Å²) >= 11 is 3.19. The third kappa shape index (κ3) is 1.88. The Kier molecular flexibility index (Phi) is 2.50. The molecule has 0 spiro atoms. The summed E-state index contributed by atoms with van der Waals surface area (Å²) in [6, 6.07) is 5.20. The second kappa shape index (κ2) is 3.91. The molecule has 0 radical (unpaired) electrons. The topological polar surface area (TPSA) is 30.7 Å². The second-order valence-corrected chi connectivity index (χ2v) is 5.13. The molecule has 0 bridgehead atoms. The molecule has 3 rings (SSSR count). The highest BCUT2D eigenvalue weighted by Gasteiger charge is 2.30. The monoisotopic (exact) mass is 295 g/mol. The second-order valence-electron chi connectivity index (χ2n) is 4.28. The van der Waals surface area contributed by atoms with Crippen LogP contribution < -0.4 is 0 Å². The summed E-state index contributed by atoms with van der Waals surface area (Å²) in [5.41, 5.74) is 0.460. The average molecular weight is 296 g/mol. The zero-order valence-electron chi connectivity index (χ0n) is 9.32. The lowest BCUT2D eigenvalue weighted by molar-refractivity contribution is 0.599. The largest absolute Gasteiger partial charge is 0.216 e. The van der Waals surface area contributed by atoms with Crippen LogP contribution in [0.3, 0.4) is 0 Å². The molecular weight excluding hydrogens is 285 g/mol. The number of hydrogen-bond donors (Lipinski definition) is 0. The van der Waals surface area contributed by atoms with E-state index in [1.54, 1.807) is 22.9 Å². The number of nitrogens with zero attached hydrogens (tertiary/aromatic N) is 3. The lowest BCUT2D eigenvalue weighted by atomic mass is 10.3. The lowest BCUT2D eigenvalue weighted by Gasteiger charge is -2.07. The van der Waals surface area contributed by atoms with Crippen LogP contribution in [0, 0.1) is 12.7 Å². The molecule has 1 heterocycles. The molecule has 0 unspecified atom stereocenters. The van der Waals surface area contributed by atoms with Gasteiger partial charge in [0.05, 0.1) is 4.47 Å². The Bertz CT molecular complexity index is 575. The highest BCUT2D eigenvalue weighted by atomic mass is 79.9. The van der Waals surface area contributed by atoms with Crippen molar-refractivity contribution < 1.29 is 4.39 Å². The fourth-order valence-electron chi connectivity index (χ4n) is 1.87. The first-order valence-corrected chi connectivity index (χ1v) is 6.34. The van der Waals surface area contributed by atoms with Crippen molar-refractivity contribution in [2.45, 2.75) is 25.7 Å². The van der Waals surface area contributed by atoms with Gasteiger partial charge in [0.25, 0.3) is 0 Å². The van der Waals surface area contributed by atoms with Gasteiger partial charge in [0.15, 0.2) is 5.82 Å². The van der Waals surface area contributed by atoms with E-state index in [1.807, 2.05) is 6.92 Å². The molecule has 0 amide bonds. The number of aryl methyl sites for hydroxylation is 1. The summed E-state index contributed by atoms with van der Waals surface area (Å²) in [6.45, 7) is 1.83. The molecular formula is C12H11BrFN3. The van der Waals surface area contributed by atoms with Gasteiger partial charge >= 0.3 is 0 Å². The fourth-order valence-corrected chi connectivity index (χ4v) is 2.23. The van der Waals surface area contributed by atoms with Gasteiger partial charge in [-0.2, -0.15) is 5.10 Å². The zero-order valence-corrected chi connectivity index (χ0v) is 10.9. The molecule has 3 nitrogen and oxygen atoms in total. The van der Waals surface area contributed by atoms with Gasteiger partial charge in [0.2, 0.25) is 0 Å². The summed E-state index contributed by atoms with van der Waals surface area (Å²) in [5, 5.41) is 4.29. The smallest absolute Gasteiger partial charge is 0.163 e. The van der Waals surface area contributed by atoms with Crippen LogP contribution >= 0.6 is 15.9 Å². The predicted octanol–water partition coefficient (Wildman–Crippen LogP) is 3.35. The van der Waals surface area contributed by atoms with E-state index >= 15 is 0 Å². The normalized spacial score (nSPS) is 15.2. The molecule has 1 fully saturated rings. The summed E-state index contributed by atoms with van der Waals surface area (Å²) in [5.74, 6) is 1.71. The molecule has 2 aromatic rings. The van der Waals surface area contributed by atoms with E-state index < -0.39 is 0 Å². The van der Waals surface area contributed by atoms with Crippen molar-refractivity contribution in [3.8, 4) is 5.69 Å². The van der Waals surface area contributed by atoms with Crippen molar-refractivity contribution in [1.29, 1.82) is 0 Å². The average Bonchev–Trinajstić information content (AvgIpc) is 3.06. The molecule has 1 saturated carbocycles. The third-order valence-electron chi connectivity index (χ3n) is 2.84. The minimum absolute atomic E-state index is 0.292. The Labute approximate surface area is 107 Å². The molecule has 0 aliphatic heterocycles. The van der Waals surface area contributed by atoms with Crippen LogP contribution in [0.4, 0.5) is 4.39 Å². The van der Waals surface area contributed by atoms with Crippen molar-refractivity contribution in [1.82, 2.24) is 14.8 Å². The number of halogens is 2. The van der Waals surface area contributed by atoms with Gasteiger partial charge in [-0.25, -0.2) is 14.1 Å². The minimum atomic E-state index is -0.292. The standard InChI is InChI=1S/C12H11BrFN3/c1-7-15-12(8-5-6-8)17(16-7)10-4-2-3-9(13)11(10)14/h2-4,8H,5-6H2,1H3. The van der Waals surface area contributed by atoms with E-state index in [2.05, 4.69) is 26.0 Å². The molecule has 1 aliphatic rings. The van der Waals surface area contributed by atoms with Crippen LogP contribution in [0.25, 0.3) is 5.69 Å². The van der Waals surface area contributed by atoms with Gasteiger partial charge in [-0.3, -0.25) is 0 Å². The van der Waals surface area contributed by atoms with E-state index in [1.165, 1.54) is 0 Å². The van der Waals surface area contributed by atoms with Crippen LogP contribution in [0.1, 0.15) is 30.4 Å². The zero-order chi connectivity index (χ0) is 12.0.